The van der Waals surface area contributed by atoms with Crippen LogP contribution in [-0.4, -0.2) is 17.7 Å². The molecule has 90 valence electrons. The van der Waals surface area contributed by atoms with Crippen molar-refractivity contribution in [3.05, 3.63) is 15.6 Å². The number of thiazole rings is 1. The van der Waals surface area contributed by atoms with Crippen LogP contribution in [0.5, 0.6) is 0 Å². The lowest BCUT2D eigenvalue weighted by molar-refractivity contribution is -0.0393. The second-order valence-electron chi connectivity index (χ2n) is 4.52. The van der Waals surface area contributed by atoms with E-state index in [9.17, 15) is 0 Å². The molecule has 1 aliphatic carbocycles. The Bertz CT molecular complexity index is 369. The van der Waals surface area contributed by atoms with E-state index in [1.165, 1.54) is 10.6 Å². The van der Waals surface area contributed by atoms with Crippen molar-refractivity contribution in [2.45, 2.75) is 51.7 Å². The van der Waals surface area contributed by atoms with E-state index in [4.69, 9.17) is 10.5 Å². The average molecular weight is 240 g/mol. The highest BCUT2D eigenvalue weighted by Crippen LogP contribution is 2.42. The highest BCUT2D eigenvalue weighted by atomic mass is 32.1. The van der Waals surface area contributed by atoms with Gasteiger partial charge in [-0.3, -0.25) is 0 Å². The maximum atomic E-state index is 6.35. The van der Waals surface area contributed by atoms with E-state index in [1.54, 1.807) is 11.3 Å². The first-order valence-corrected chi connectivity index (χ1v) is 6.78. The Morgan fingerprint density at radius 3 is 2.69 bits per heavy atom. The van der Waals surface area contributed by atoms with Crippen LogP contribution >= 0.6 is 11.3 Å². The molecule has 0 radical (unpaired) electrons. The lowest BCUT2D eigenvalue weighted by atomic mass is 9.75. The molecule has 1 aromatic rings. The Kier molecular flexibility index (Phi) is 3.33. The Labute approximate surface area is 101 Å². The lowest BCUT2D eigenvalue weighted by Gasteiger charge is -2.42. The second-order valence-corrected chi connectivity index (χ2v) is 5.72. The minimum Gasteiger partial charge on any atom is -0.378 e. The van der Waals surface area contributed by atoms with Crippen LogP contribution < -0.4 is 5.73 Å². The van der Waals surface area contributed by atoms with E-state index < -0.39 is 0 Å². The van der Waals surface area contributed by atoms with Gasteiger partial charge < -0.3 is 10.5 Å². The molecule has 0 unspecified atom stereocenters. The van der Waals surface area contributed by atoms with E-state index in [1.807, 2.05) is 6.92 Å². The first kappa shape index (κ1) is 12.0. The summed E-state index contributed by atoms with van der Waals surface area (Å²) in [5.74, 6) is 0. The van der Waals surface area contributed by atoms with Gasteiger partial charge in [-0.05, 0) is 33.1 Å². The summed E-state index contributed by atoms with van der Waals surface area (Å²) in [4.78, 5) is 5.96. The van der Waals surface area contributed by atoms with E-state index in [0.717, 1.165) is 30.9 Å². The summed E-state index contributed by atoms with van der Waals surface area (Å²) in [7, 11) is 0. The fourth-order valence-electron chi connectivity index (χ4n) is 2.25. The predicted octanol–water partition coefficient (Wildman–Crippen LogP) is 2.37. The largest absolute Gasteiger partial charge is 0.378 e. The highest BCUT2D eigenvalue weighted by Gasteiger charge is 2.45. The van der Waals surface area contributed by atoms with Crippen LogP contribution in [0.1, 0.15) is 42.3 Å². The molecule has 3 nitrogen and oxygen atoms in total. The topological polar surface area (TPSA) is 48.1 Å². The minimum absolute atomic E-state index is 0.220. The minimum atomic E-state index is -0.220. The van der Waals surface area contributed by atoms with Crippen LogP contribution in [0.15, 0.2) is 0 Å². The first-order valence-electron chi connectivity index (χ1n) is 5.96. The van der Waals surface area contributed by atoms with Crippen molar-refractivity contribution in [2.24, 2.45) is 5.73 Å². The number of nitrogens with zero attached hydrogens (tertiary/aromatic N) is 1. The summed E-state index contributed by atoms with van der Waals surface area (Å²) >= 11 is 1.75. The normalized spacial score (nSPS) is 29.1. The third-order valence-corrected chi connectivity index (χ3v) is 4.47. The molecule has 1 fully saturated rings. The fraction of sp³-hybridized carbons (Fsp3) is 0.750. The summed E-state index contributed by atoms with van der Waals surface area (Å²) in [6.45, 7) is 7.07. The molecule has 0 atom stereocenters. The molecule has 16 heavy (non-hydrogen) atoms. The van der Waals surface area contributed by atoms with Crippen LogP contribution in [0.4, 0.5) is 0 Å². The maximum Gasteiger partial charge on any atom is 0.113 e. The van der Waals surface area contributed by atoms with E-state index >= 15 is 0 Å². The molecular weight excluding hydrogens is 220 g/mol. The monoisotopic (exact) mass is 240 g/mol. The summed E-state index contributed by atoms with van der Waals surface area (Å²) < 4.78 is 5.55. The third kappa shape index (κ3) is 2.01. The molecule has 0 saturated heterocycles. The molecule has 0 spiro atoms. The van der Waals surface area contributed by atoms with Crippen LogP contribution in [-0.2, 0) is 16.7 Å². The number of hydrogen-bond acceptors (Lipinski definition) is 4. The van der Waals surface area contributed by atoms with Gasteiger partial charge in [-0.15, -0.1) is 11.3 Å². The van der Waals surface area contributed by atoms with Gasteiger partial charge in [-0.1, -0.05) is 6.92 Å². The number of ether oxygens (including phenoxy) is 1. The van der Waals surface area contributed by atoms with Crippen molar-refractivity contribution in [1.82, 2.24) is 4.98 Å². The molecule has 2 N–H and O–H groups in total. The van der Waals surface area contributed by atoms with Crippen LogP contribution in [0.25, 0.3) is 0 Å². The van der Waals surface area contributed by atoms with Crippen molar-refractivity contribution in [1.29, 1.82) is 0 Å². The number of aryl methyl sites for hydroxylation is 2. The quantitative estimate of drug-likeness (QED) is 0.879. The molecule has 1 heterocycles. The van der Waals surface area contributed by atoms with Gasteiger partial charge in [0.15, 0.2) is 0 Å². The van der Waals surface area contributed by atoms with E-state index in [-0.39, 0.29) is 5.54 Å². The molecule has 0 amide bonds. The molecule has 1 aromatic heterocycles. The Morgan fingerprint density at radius 1 is 1.50 bits per heavy atom. The molecular formula is C12H20N2OS. The van der Waals surface area contributed by atoms with Gasteiger partial charge in [-0.25, -0.2) is 4.98 Å². The molecule has 0 aromatic carbocycles. The summed E-state index contributed by atoms with van der Waals surface area (Å²) in [6, 6.07) is 0. The summed E-state index contributed by atoms with van der Waals surface area (Å²) in [5.41, 5.74) is 7.33. The first-order chi connectivity index (χ1) is 7.59. The highest BCUT2D eigenvalue weighted by molar-refractivity contribution is 7.11. The molecule has 0 bridgehead atoms. The zero-order valence-electron chi connectivity index (χ0n) is 10.2. The molecule has 1 aliphatic rings. The number of hydrogen-bond donors (Lipinski definition) is 1. The molecule has 4 heteroatoms. The van der Waals surface area contributed by atoms with Gasteiger partial charge in [0, 0.05) is 11.5 Å². The average Bonchev–Trinajstić information content (AvgIpc) is 2.58. The van der Waals surface area contributed by atoms with Gasteiger partial charge in [0.1, 0.15) is 5.01 Å². The second kappa shape index (κ2) is 4.43. The van der Waals surface area contributed by atoms with Crippen molar-refractivity contribution < 1.29 is 4.74 Å². The van der Waals surface area contributed by atoms with Crippen LogP contribution in [0, 0.1) is 6.92 Å². The number of nitrogens with two attached hydrogens (primary N) is 1. The standard InChI is InChI=1S/C12H20N2OS/c1-4-10-8(3)16-11(14-10)12(13)6-9(7-12)15-5-2/h9H,4-7,13H2,1-3H3. The smallest absolute Gasteiger partial charge is 0.113 e. The Balaban J connectivity index is 2.07. The van der Waals surface area contributed by atoms with Gasteiger partial charge in [0.25, 0.3) is 0 Å². The van der Waals surface area contributed by atoms with Crippen molar-refractivity contribution in [3.63, 3.8) is 0 Å². The molecule has 1 saturated carbocycles. The lowest BCUT2D eigenvalue weighted by Crippen LogP contribution is -2.52. The van der Waals surface area contributed by atoms with Gasteiger partial charge in [0.2, 0.25) is 0 Å². The zero-order chi connectivity index (χ0) is 11.8. The van der Waals surface area contributed by atoms with E-state index in [2.05, 4.69) is 18.8 Å². The van der Waals surface area contributed by atoms with E-state index in [0.29, 0.717) is 6.10 Å². The molecule has 2 rings (SSSR count). The van der Waals surface area contributed by atoms with Crippen molar-refractivity contribution in [2.75, 3.05) is 6.61 Å². The van der Waals surface area contributed by atoms with Gasteiger partial charge in [0.05, 0.1) is 17.3 Å². The number of aromatic nitrogens is 1. The van der Waals surface area contributed by atoms with Gasteiger partial charge >= 0.3 is 0 Å². The number of rotatable bonds is 4. The van der Waals surface area contributed by atoms with Crippen LogP contribution in [0.3, 0.4) is 0 Å². The Morgan fingerprint density at radius 2 is 2.19 bits per heavy atom. The zero-order valence-corrected chi connectivity index (χ0v) is 11.1. The van der Waals surface area contributed by atoms with Gasteiger partial charge in [-0.2, -0.15) is 0 Å². The maximum absolute atomic E-state index is 6.35. The summed E-state index contributed by atoms with van der Waals surface area (Å²) in [5, 5.41) is 1.10. The third-order valence-electron chi connectivity index (χ3n) is 3.24. The van der Waals surface area contributed by atoms with Crippen LogP contribution in [0.2, 0.25) is 0 Å². The predicted molar refractivity (Wildman–Crippen MR) is 66.7 cm³/mol. The SMILES string of the molecule is CCOC1CC(N)(c2nc(CC)c(C)s2)C1. The summed E-state index contributed by atoms with van der Waals surface area (Å²) in [6.07, 6.45) is 3.16. The van der Waals surface area contributed by atoms with Crippen molar-refractivity contribution >= 4 is 11.3 Å². The Hall–Kier alpha value is -0.450. The van der Waals surface area contributed by atoms with Crippen molar-refractivity contribution in [3.8, 4) is 0 Å². The molecule has 0 aliphatic heterocycles. The fourth-order valence-corrected chi connectivity index (χ4v) is 3.37.